The summed E-state index contributed by atoms with van der Waals surface area (Å²) >= 11 is 5.37. The number of benzene rings is 2. The van der Waals surface area contributed by atoms with Crippen LogP contribution < -0.4 is 25.4 Å². The van der Waals surface area contributed by atoms with E-state index in [1.54, 1.807) is 0 Å². The molecule has 0 saturated carbocycles. The Hall–Kier alpha value is -3.06. The van der Waals surface area contributed by atoms with E-state index in [1.807, 2.05) is 62.4 Å². The lowest BCUT2D eigenvalue weighted by molar-refractivity contribution is -0.113. The number of ether oxygens (including phenoxy) is 2. The summed E-state index contributed by atoms with van der Waals surface area (Å²) in [6.07, 6.45) is 2.03. The van der Waals surface area contributed by atoms with Crippen LogP contribution in [0.2, 0.25) is 0 Å². The lowest BCUT2D eigenvalue weighted by Crippen LogP contribution is -2.45. The Bertz CT molecular complexity index is 960. The van der Waals surface area contributed by atoms with Crippen LogP contribution in [-0.2, 0) is 4.79 Å². The van der Waals surface area contributed by atoms with Gasteiger partial charge in [-0.3, -0.25) is 4.79 Å². The van der Waals surface area contributed by atoms with Gasteiger partial charge in [0.2, 0.25) is 0 Å². The van der Waals surface area contributed by atoms with Crippen molar-refractivity contribution in [2.75, 3.05) is 18.5 Å². The van der Waals surface area contributed by atoms with Crippen molar-refractivity contribution in [2.45, 2.75) is 39.7 Å². The zero-order valence-electron chi connectivity index (χ0n) is 18.2. The molecule has 1 aliphatic rings. The van der Waals surface area contributed by atoms with Gasteiger partial charge in [0, 0.05) is 11.4 Å². The number of thiocarbonyl (C=S) groups is 1. The van der Waals surface area contributed by atoms with Crippen LogP contribution in [0.15, 0.2) is 59.8 Å². The summed E-state index contributed by atoms with van der Waals surface area (Å²) in [5, 5.41) is 9.73. The number of para-hydroxylation sites is 1. The van der Waals surface area contributed by atoms with Crippen LogP contribution in [0.3, 0.4) is 0 Å². The third-order valence-corrected chi connectivity index (χ3v) is 5.12. The van der Waals surface area contributed by atoms with Gasteiger partial charge in [0.1, 0.15) is 0 Å². The minimum atomic E-state index is -0.415. The summed E-state index contributed by atoms with van der Waals surface area (Å²) < 4.78 is 11.7. The summed E-state index contributed by atoms with van der Waals surface area (Å²) in [5.41, 5.74) is 2.88. The van der Waals surface area contributed by atoms with Crippen LogP contribution in [0, 0.1) is 0 Å². The van der Waals surface area contributed by atoms with Crippen molar-refractivity contribution in [2.24, 2.45) is 0 Å². The van der Waals surface area contributed by atoms with Gasteiger partial charge in [-0.15, -0.1) is 0 Å². The lowest BCUT2D eigenvalue weighted by atomic mass is 9.94. The standard InChI is InChI=1S/C24H29N3O3S/c1-4-6-14-30-19-13-12-17(15-20(19)29-5-2)22-21(16(3)25-24(31)27-22)23(28)26-18-10-8-7-9-11-18/h7-13,15,22H,4-6,14H2,1-3H3,(H,26,28)(H2,25,27,31). The van der Waals surface area contributed by atoms with Crippen LogP contribution in [0.25, 0.3) is 0 Å². The number of carbonyl (C=O) groups is 1. The molecular weight excluding hydrogens is 410 g/mol. The molecule has 6 nitrogen and oxygen atoms in total. The number of anilines is 1. The first-order valence-electron chi connectivity index (χ1n) is 10.6. The highest BCUT2D eigenvalue weighted by atomic mass is 32.1. The highest BCUT2D eigenvalue weighted by Crippen LogP contribution is 2.35. The van der Waals surface area contributed by atoms with E-state index in [0.29, 0.717) is 41.1 Å². The zero-order chi connectivity index (χ0) is 22.2. The van der Waals surface area contributed by atoms with Gasteiger partial charge in [0.25, 0.3) is 5.91 Å². The highest BCUT2D eigenvalue weighted by molar-refractivity contribution is 7.80. The average Bonchev–Trinajstić information content (AvgIpc) is 2.75. The number of nitrogens with one attached hydrogen (secondary N) is 3. The van der Waals surface area contributed by atoms with Crippen LogP contribution in [0.5, 0.6) is 11.5 Å². The van der Waals surface area contributed by atoms with Gasteiger partial charge in [0.15, 0.2) is 16.6 Å². The van der Waals surface area contributed by atoms with E-state index in [9.17, 15) is 4.79 Å². The molecule has 1 amide bonds. The molecule has 0 radical (unpaired) electrons. The summed E-state index contributed by atoms with van der Waals surface area (Å²) in [7, 11) is 0. The van der Waals surface area contributed by atoms with E-state index in [2.05, 4.69) is 22.9 Å². The predicted octanol–water partition coefficient (Wildman–Crippen LogP) is 4.70. The fourth-order valence-corrected chi connectivity index (χ4v) is 3.65. The lowest BCUT2D eigenvalue weighted by Gasteiger charge is -2.30. The predicted molar refractivity (Wildman–Crippen MR) is 127 cm³/mol. The Morgan fingerprint density at radius 1 is 1.10 bits per heavy atom. The van der Waals surface area contributed by atoms with Crippen molar-refractivity contribution in [1.82, 2.24) is 10.6 Å². The molecule has 164 valence electrons. The van der Waals surface area contributed by atoms with Gasteiger partial charge in [-0.05, 0) is 62.3 Å². The van der Waals surface area contributed by atoms with Crippen LogP contribution in [0.4, 0.5) is 5.69 Å². The third-order valence-electron chi connectivity index (χ3n) is 4.90. The smallest absolute Gasteiger partial charge is 0.255 e. The molecule has 1 unspecified atom stereocenters. The molecule has 0 fully saturated rings. The van der Waals surface area contributed by atoms with E-state index in [4.69, 9.17) is 21.7 Å². The summed E-state index contributed by atoms with van der Waals surface area (Å²) in [6, 6.07) is 14.7. The van der Waals surface area contributed by atoms with Gasteiger partial charge in [-0.2, -0.15) is 0 Å². The molecule has 0 saturated heterocycles. The Morgan fingerprint density at radius 2 is 1.87 bits per heavy atom. The van der Waals surface area contributed by atoms with Crippen LogP contribution in [0.1, 0.15) is 45.2 Å². The van der Waals surface area contributed by atoms with Gasteiger partial charge in [-0.1, -0.05) is 37.6 Å². The quantitative estimate of drug-likeness (QED) is 0.389. The highest BCUT2D eigenvalue weighted by Gasteiger charge is 2.30. The molecule has 1 aliphatic heterocycles. The first kappa shape index (κ1) is 22.6. The van der Waals surface area contributed by atoms with Gasteiger partial charge in [0.05, 0.1) is 24.8 Å². The minimum absolute atomic E-state index is 0.197. The molecule has 0 aliphatic carbocycles. The molecule has 7 heteroatoms. The molecule has 0 spiro atoms. The number of allylic oxidation sites excluding steroid dienone is 1. The molecule has 0 aromatic heterocycles. The van der Waals surface area contributed by atoms with E-state index < -0.39 is 6.04 Å². The van der Waals surface area contributed by atoms with Crippen molar-refractivity contribution in [3.63, 3.8) is 0 Å². The second kappa shape index (κ2) is 10.8. The third kappa shape index (κ3) is 5.76. The normalized spacial score (nSPS) is 15.7. The first-order chi connectivity index (χ1) is 15.0. The second-order valence-electron chi connectivity index (χ2n) is 7.23. The molecule has 1 heterocycles. The van der Waals surface area contributed by atoms with Gasteiger partial charge >= 0.3 is 0 Å². The number of hydrogen-bond acceptors (Lipinski definition) is 4. The van der Waals surface area contributed by atoms with Crippen molar-refractivity contribution in [3.8, 4) is 11.5 Å². The molecule has 31 heavy (non-hydrogen) atoms. The fraction of sp³-hybridized carbons (Fsp3) is 0.333. The number of hydrogen-bond donors (Lipinski definition) is 3. The van der Waals surface area contributed by atoms with Crippen molar-refractivity contribution < 1.29 is 14.3 Å². The van der Waals surface area contributed by atoms with Crippen molar-refractivity contribution in [1.29, 1.82) is 0 Å². The maximum Gasteiger partial charge on any atom is 0.255 e. The average molecular weight is 440 g/mol. The van der Waals surface area contributed by atoms with Crippen molar-refractivity contribution in [3.05, 3.63) is 65.4 Å². The Labute approximate surface area is 189 Å². The Morgan fingerprint density at radius 3 is 2.58 bits per heavy atom. The molecule has 3 N–H and O–H groups in total. The van der Waals surface area contributed by atoms with Gasteiger partial charge < -0.3 is 25.4 Å². The molecule has 2 aromatic rings. The molecular formula is C24H29N3O3S. The fourth-order valence-electron chi connectivity index (χ4n) is 3.38. The topological polar surface area (TPSA) is 71.6 Å². The largest absolute Gasteiger partial charge is 0.490 e. The molecule has 0 bridgehead atoms. The molecule has 2 aromatic carbocycles. The summed E-state index contributed by atoms with van der Waals surface area (Å²) in [5.74, 6) is 1.16. The second-order valence-corrected chi connectivity index (χ2v) is 7.64. The van der Waals surface area contributed by atoms with Crippen LogP contribution in [-0.4, -0.2) is 24.2 Å². The Kier molecular flexibility index (Phi) is 7.89. The monoisotopic (exact) mass is 439 g/mol. The molecule has 3 rings (SSSR count). The van der Waals surface area contributed by atoms with Crippen LogP contribution >= 0.6 is 12.2 Å². The number of amides is 1. The van der Waals surface area contributed by atoms with E-state index in [1.165, 1.54) is 0 Å². The zero-order valence-corrected chi connectivity index (χ0v) is 19.0. The maximum atomic E-state index is 13.2. The summed E-state index contributed by atoms with van der Waals surface area (Å²) in [4.78, 5) is 13.2. The molecule has 1 atom stereocenters. The summed E-state index contributed by atoms with van der Waals surface area (Å²) in [6.45, 7) is 7.06. The van der Waals surface area contributed by atoms with Crippen molar-refractivity contribution >= 4 is 28.9 Å². The SMILES string of the molecule is CCCCOc1ccc(C2NC(=S)NC(C)=C2C(=O)Nc2ccccc2)cc1OCC. The van der Waals surface area contributed by atoms with E-state index in [-0.39, 0.29) is 5.91 Å². The maximum absolute atomic E-state index is 13.2. The minimum Gasteiger partial charge on any atom is -0.490 e. The first-order valence-corrected chi connectivity index (χ1v) is 11.0. The van der Waals surface area contributed by atoms with E-state index in [0.717, 1.165) is 24.1 Å². The Balaban J connectivity index is 1.92. The van der Waals surface area contributed by atoms with E-state index >= 15 is 0 Å². The number of unbranched alkanes of at least 4 members (excludes halogenated alkanes) is 1. The number of rotatable bonds is 9. The number of carbonyl (C=O) groups excluding carboxylic acids is 1. The van der Waals surface area contributed by atoms with Gasteiger partial charge in [-0.25, -0.2) is 0 Å².